The van der Waals surface area contributed by atoms with Crippen LogP contribution in [0.15, 0.2) is 18.2 Å². The van der Waals surface area contributed by atoms with Gasteiger partial charge >= 0.3 is 11.8 Å². The number of benzene rings is 1. The van der Waals surface area contributed by atoms with Gasteiger partial charge in [-0.3, -0.25) is 9.59 Å². The summed E-state index contributed by atoms with van der Waals surface area (Å²) >= 11 is 0. The van der Waals surface area contributed by atoms with Crippen LogP contribution in [0.5, 0.6) is 5.75 Å². The van der Waals surface area contributed by atoms with Crippen molar-refractivity contribution in [2.75, 3.05) is 38.7 Å². The Kier molecular flexibility index (Phi) is 6.51. The maximum Gasteiger partial charge on any atom is 0.314 e. The monoisotopic (exact) mass is 340 g/mol. The Morgan fingerprint density at radius 1 is 1.33 bits per heavy atom. The zero-order chi connectivity index (χ0) is 17.5. The molecule has 2 rings (SSSR count). The second-order valence-electron chi connectivity index (χ2n) is 5.46. The molecule has 1 saturated heterocycles. The quantitative estimate of drug-likeness (QED) is 0.611. The number of nitrogens with zero attached hydrogens (tertiary/aromatic N) is 1. The van der Waals surface area contributed by atoms with Crippen LogP contribution in [0.1, 0.15) is 12.8 Å². The van der Waals surface area contributed by atoms with Crippen LogP contribution in [-0.2, 0) is 14.3 Å². The van der Waals surface area contributed by atoms with Crippen LogP contribution in [0, 0.1) is 5.82 Å². The summed E-state index contributed by atoms with van der Waals surface area (Å²) in [6.07, 6.45) is 0.426. The summed E-state index contributed by atoms with van der Waals surface area (Å²) in [6, 6.07) is 3.67. The molecule has 0 radical (unpaired) electrons. The molecule has 1 aromatic rings. The summed E-state index contributed by atoms with van der Waals surface area (Å²) < 4.78 is 23.7. The largest absolute Gasteiger partial charge is 0.489 e. The molecule has 132 valence electrons. The van der Waals surface area contributed by atoms with E-state index in [2.05, 4.69) is 5.32 Å². The number of ether oxygens (including phenoxy) is 2. The van der Waals surface area contributed by atoms with E-state index >= 15 is 0 Å². The Morgan fingerprint density at radius 2 is 2.04 bits per heavy atom. The van der Waals surface area contributed by atoms with Gasteiger partial charge in [0.1, 0.15) is 18.2 Å². The van der Waals surface area contributed by atoms with Gasteiger partial charge in [0.2, 0.25) is 0 Å². The van der Waals surface area contributed by atoms with E-state index in [1.807, 2.05) is 0 Å². The lowest BCUT2D eigenvalue weighted by atomic mass is 10.1. The van der Waals surface area contributed by atoms with Crippen molar-refractivity contribution in [1.82, 2.24) is 4.90 Å². The molecule has 0 aromatic heterocycles. The number of hydrogen-bond donors (Lipinski definition) is 2. The molecule has 0 saturated carbocycles. The Balaban J connectivity index is 2.01. The number of carbonyl (C=O) groups is 2. The predicted molar refractivity (Wildman–Crippen MR) is 84.2 cm³/mol. The summed E-state index contributed by atoms with van der Waals surface area (Å²) in [6.45, 7) is 1.18. The lowest BCUT2D eigenvalue weighted by Gasteiger charge is -2.29. The number of rotatable bonds is 5. The second kappa shape index (κ2) is 8.60. The van der Waals surface area contributed by atoms with Crippen LogP contribution in [0.4, 0.5) is 10.1 Å². The zero-order valence-corrected chi connectivity index (χ0v) is 13.5. The van der Waals surface area contributed by atoms with E-state index in [9.17, 15) is 19.1 Å². The molecule has 0 aliphatic carbocycles. The number of piperidine rings is 1. The van der Waals surface area contributed by atoms with Crippen molar-refractivity contribution in [1.29, 1.82) is 0 Å². The number of carbonyl (C=O) groups excluding carboxylic acids is 2. The fourth-order valence-electron chi connectivity index (χ4n) is 2.35. The molecule has 0 spiro atoms. The standard InChI is InChI=1S/C16H21FN2O5/c1-23-8-9-24-14-3-2-11(17)10-13(14)18-15(21)16(22)19-6-4-12(20)5-7-19/h2-3,10,12,20H,4-9H2,1H3,(H,18,21). The maximum absolute atomic E-state index is 13.4. The molecule has 1 heterocycles. The first-order valence-electron chi connectivity index (χ1n) is 7.71. The first-order valence-corrected chi connectivity index (χ1v) is 7.71. The van der Waals surface area contributed by atoms with Crippen molar-refractivity contribution >= 4 is 17.5 Å². The maximum atomic E-state index is 13.4. The number of aliphatic hydroxyl groups is 1. The number of methoxy groups -OCH3 is 1. The Bertz CT molecular complexity index is 588. The summed E-state index contributed by atoms with van der Waals surface area (Å²) in [5, 5.41) is 11.8. The van der Waals surface area contributed by atoms with Crippen LogP contribution in [0.2, 0.25) is 0 Å². The smallest absolute Gasteiger partial charge is 0.314 e. The third-order valence-corrected chi connectivity index (χ3v) is 3.68. The molecule has 2 N–H and O–H groups in total. The van der Waals surface area contributed by atoms with Crippen molar-refractivity contribution < 1.29 is 28.6 Å². The molecule has 7 nitrogen and oxygen atoms in total. The van der Waals surface area contributed by atoms with Crippen molar-refractivity contribution in [2.24, 2.45) is 0 Å². The van der Waals surface area contributed by atoms with E-state index in [0.717, 1.165) is 6.07 Å². The molecule has 2 amide bonds. The first-order chi connectivity index (χ1) is 11.5. The van der Waals surface area contributed by atoms with E-state index in [1.165, 1.54) is 24.1 Å². The number of amides is 2. The van der Waals surface area contributed by atoms with E-state index in [0.29, 0.717) is 32.5 Å². The van der Waals surface area contributed by atoms with E-state index in [-0.39, 0.29) is 18.0 Å². The first kappa shape index (κ1) is 18.2. The number of likely N-dealkylation sites (tertiary alicyclic amines) is 1. The van der Waals surface area contributed by atoms with Crippen molar-refractivity contribution in [2.45, 2.75) is 18.9 Å². The minimum Gasteiger partial charge on any atom is -0.489 e. The lowest BCUT2D eigenvalue weighted by molar-refractivity contribution is -0.144. The van der Waals surface area contributed by atoms with Gasteiger partial charge in [-0.2, -0.15) is 0 Å². The van der Waals surface area contributed by atoms with Gasteiger partial charge in [0.25, 0.3) is 0 Å². The minimum atomic E-state index is -0.867. The highest BCUT2D eigenvalue weighted by Gasteiger charge is 2.26. The molecule has 1 aliphatic rings. The SMILES string of the molecule is COCCOc1ccc(F)cc1NC(=O)C(=O)N1CCC(O)CC1. The molecule has 1 aromatic carbocycles. The molecule has 1 aliphatic heterocycles. The second-order valence-corrected chi connectivity index (χ2v) is 5.46. The third kappa shape index (κ3) is 4.90. The highest BCUT2D eigenvalue weighted by Crippen LogP contribution is 2.25. The zero-order valence-electron chi connectivity index (χ0n) is 13.5. The van der Waals surface area contributed by atoms with Gasteiger partial charge in [-0.25, -0.2) is 4.39 Å². The molecule has 0 atom stereocenters. The molecule has 1 fully saturated rings. The van der Waals surface area contributed by atoms with Crippen molar-refractivity contribution in [3.63, 3.8) is 0 Å². The van der Waals surface area contributed by atoms with E-state index < -0.39 is 23.7 Å². The van der Waals surface area contributed by atoms with Crippen LogP contribution in [0.25, 0.3) is 0 Å². The van der Waals surface area contributed by atoms with Crippen molar-refractivity contribution in [3.05, 3.63) is 24.0 Å². The Hall–Kier alpha value is -2.19. The van der Waals surface area contributed by atoms with Gasteiger partial charge in [-0.05, 0) is 25.0 Å². The average molecular weight is 340 g/mol. The Labute approximate surface area is 139 Å². The van der Waals surface area contributed by atoms with Crippen LogP contribution >= 0.6 is 0 Å². The van der Waals surface area contributed by atoms with Crippen LogP contribution in [-0.4, -0.2) is 61.3 Å². The lowest BCUT2D eigenvalue weighted by Crippen LogP contribution is -2.45. The van der Waals surface area contributed by atoms with Gasteiger partial charge in [-0.1, -0.05) is 0 Å². The summed E-state index contributed by atoms with van der Waals surface area (Å²) in [7, 11) is 1.52. The van der Waals surface area contributed by atoms with E-state index in [4.69, 9.17) is 9.47 Å². The van der Waals surface area contributed by atoms with Crippen LogP contribution < -0.4 is 10.1 Å². The molecule has 8 heteroatoms. The number of hydrogen-bond acceptors (Lipinski definition) is 5. The van der Waals surface area contributed by atoms with Gasteiger partial charge in [0.15, 0.2) is 0 Å². The molecular formula is C16H21FN2O5. The van der Waals surface area contributed by atoms with Gasteiger partial charge in [0, 0.05) is 26.3 Å². The summed E-state index contributed by atoms with van der Waals surface area (Å²) in [4.78, 5) is 25.6. The van der Waals surface area contributed by atoms with Crippen molar-refractivity contribution in [3.8, 4) is 5.75 Å². The molecule has 0 bridgehead atoms. The Morgan fingerprint density at radius 3 is 2.71 bits per heavy atom. The fourth-order valence-corrected chi connectivity index (χ4v) is 2.35. The van der Waals surface area contributed by atoms with Gasteiger partial charge in [0.05, 0.1) is 18.4 Å². The van der Waals surface area contributed by atoms with Gasteiger partial charge in [-0.15, -0.1) is 0 Å². The van der Waals surface area contributed by atoms with E-state index in [1.54, 1.807) is 0 Å². The highest BCUT2D eigenvalue weighted by atomic mass is 19.1. The van der Waals surface area contributed by atoms with Crippen LogP contribution in [0.3, 0.4) is 0 Å². The number of anilines is 1. The summed E-state index contributed by atoms with van der Waals surface area (Å²) in [5.74, 6) is -1.89. The number of aliphatic hydroxyl groups excluding tert-OH is 1. The normalized spacial score (nSPS) is 15.2. The third-order valence-electron chi connectivity index (χ3n) is 3.68. The molecule has 24 heavy (non-hydrogen) atoms. The minimum absolute atomic E-state index is 0.0847. The fraction of sp³-hybridized carbons (Fsp3) is 0.500. The molecule has 0 unspecified atom stereocenters. The number of nitrogens with one attached hydrogen (secondary N) is 1. The average Bonchev–Trinajstić information content (AvgIpc) is 2.57. The van der Waals surface area contributed by atoms with Gasteiger partial charge < -0.3 is 24.8 Å². The topological polar surface area (TPSA) is 88.1 Å². The predicted octanol–water partition coefficient (Wildman–Crippen LogP) is 0.773. The number of halogens is 1. The molecular weight excluding hydrogens is 319 g/mol. The summed E-state index contributed by atoms with van der Waals surface area (Å²) in [5.41, 5.74) is 0.0847. The highest BCUT2D eigenvalue weighted by molar-refractivity contribution is 6.39.